The van der Waals surface area contributed by atoms with E-state index >= 15 is 0 Å². The maximum absolute atomic E-state index is 3.73. The molecule has 0 aliphatic heterocycles. The van der Waals surface area contributed by atoms with Crippen LogP contribution in [-0.4, -0.2) is 19.9 Å². The van der Waals surface area contributed by atoms with Crippen molar-refractivity contribution in [1.29, 1.82) is 0 Å². The molecule has 0 atom stereocenters. The highest BCUT2D eigenvalue weighted by Gasteiger charge is 2.21. The van der Waals surface area contributed by atoms with Crippen LogP contribution in [0.1, 0.15) is 11.1 Å². The molecule has 0 fully saturated rings. The predicted molar refractivity (Wildman–Crippen MR) is 154 cm³/mol. The van der Waals surface area contributed by atoms with Crippen molar-refractivity contribution in [2.24, 2.45) is 0 Å². The van der Waals surface area contributed by atoms with Gasteiger partial charge in [-0.1, -0.05) is 72.8 Å². The highest BCUT2D eigenvalue weighted by molar-refractivity contribution is 5.97. The van der Waals surface area contributed by atoms with Gasteiger partial charge in [0.05, 0.1) is 22.8 Å². The number of hydrogen-bond donors (Lipinski definition) is 4. The fraction of sp³-hybridized carbons (Fsp3) is 0.0303. The summed E-state index contributed by atoms with van der Waals surface area (Å²) in [5, 5.41) is 4.94. The Balaban J connectivity index is 1.36. The van der Waals surface area contributed by atoms with E-state index in [0.717, 1.165) is 51.3 Å². The lowest BCUT2D eigenvalue weighted by atomic mass is 9.97. The van der Waals surface area contributed by atoms with Crippen molar-refractivity contribution < 1.29 is 0 Å². The lowest BCUT2D eigenvalue weighted by Crippen LogP contribution is -1.93. The molecule has 0 radical (unpaired) electrons. The van der Waals surface area contributed by atoms with Crippen molar-refractivity contribution in [2.75, 3.05) is 0 Å². The zero-order valence-corrected chi connectivity index (χ0v) is 20.1. The summed E-state index contributed by atoms with van der Waals surface area (Å²) in [4.78, 5) is 14.8. The van der Waals surface area contributed by atoms with Gasteiger partial charge in [0, 0.05) is 50.0 Å². The van der Waals surface area contributed by atoms with Crippen LogP contribution >= 0.6 is 0 Å². The molecule has 0 aliphatic rings. The van der Waals surface area contributed by atoms with E-state index < -0.39 is 0 Å². The second-order valence-corrected chi connectivity index (χ2v) is 9.77. The van der Waals surface area contributed by atoms with Gasteiger partial charge in [-0.3, -0.25) is 0 Å². The van der Waals surface area contributed by atoms with Crippen LogP contribution in [0.3, 0.4) is 0 Å². The maximum atomic E-state index is 3.73. The zero-order chi connectivity index (χ0) is 24.3. The summed E-state index contributed by atoms with van der Waals surface area (Å²) in [5.41, 5.74) is 11.7. The van der Waals surface area contributed by atoms with Crippen molar-refractivity contribution in [3.8, 4) is 22.8 Å². The number of aromatic nitrogens is 4. The molecule has 4 aromatic carbocycles. The monoisotopic (exact) mass is 476 g/mol. The predicted octanol–water partition coefficient (Wildman–Crippen LogP) is 8.54. The summed E-state index contributed by atoms with van der Waals surface area (Å²) in [6.07, 6.45) is 0.795. The highest BCUT2D eigenvalue weighted by atomic mass is 14.8. The van der Waals surface area contributed by atoms with Gasteiger partial charge in [0.25, 0.3) is 0 Å². The van der Waals surface area contributed by atoms with Gasteiger partial charge in [0.2, 0.25) is 0 Å². The van der Waals surface area contributed by atoms with Crippen LogP contribution in [0.15, 0.2) is 109 Å². The third-order valence-electron chi connectivity index (χ3n) is 7.58. The molecule has 4 heteroatoms. The molecule has 0 bridgehead atoms. The Labute approximate surface area is 213 Å². The third-order valence-corrected chi connectivity index (χ3v) is 7.58. The molecule has 0 spiro atoms. The second kappa shape index (κ2) is 7.77. The molecule has 0 amide bonds. The van der Waals surface area contributed by atoms with Gasteiger partial charge in [-0.15, -0.1) is 0 Å². The minimum Gasteiger partial charge on any atom is -0.353 e. The van der Waals surface area contributed by atoms with Crippen molar-refractivity contribution in [1.82, 2.24) is 19.9 Å². The summed E-state index contributed by atoms with van der Waals surface area (Å²) in [5.74, 6) is 0. The number of nitrogens with one attached hydrogen (secondary N) is 4. The first-order valence-electron chi connectivity index (χ1n) is 12.7. The summed E-state index contributed by atoms with van der Waals surface area (Å²) in [7, 11) is 0. The van der Waals surface area contributed by atoms with E-state index in [0.29, 0.717) is 0 Å². The molecule has 0 saturated carbocycles. The molecule has 4 aromatic heterocycles. The molecule has 0 unspecified atom stereocenters. The Bertz CT molecular complexity index is 1860. The van der Waals surface area contributed by atoms with E-state index in [9.17, 15) is 0 Å². The van der Waals surface area contributed by atoms with Gasteiger partial charge >= 0.3 is 0 Å². The van der Waals surface area contributed by atoms with E-state index in [1.807, 2.05) is 0 Å². The molecule has 176 valence electrons. The van der Waals surface area contributed by atoms with Crippen molar-refractivity contribution in [2.45, 2.75) is 6.42 Å². The molecule has 8 aromatic rings. The van der Waals surface area contributed by atoms with E-state index in [1.165, 1.54) is 32.7 Å². The van der Waals surface area contributed by atoms with Gasteiger partial charge in [-0.25, -0.2) is 0 Å². The average Bonchev–Trinajstić information content (AvgIpc) is 3.71. The number of rotatable bonds is 4. The number of aromatic amines is 4. The first-order chi connectivity index (χ1) is 18.3. The van der Waals surface area contributed by atoms with E-state index in [4.69, 9.17) is 0 Å². The number of benzene rings is 4. The largest absolute Gasteiger partial charge is 0.353 e. The number of H-pyrrole nitrogens is 4. The number of para-hydroxylation sites is 4. The van der Waals surface area contributed by atoms with Gasteiger partial charge in [0.1, 0.15) is 0 Å². The molecule has 4 heterocycles. The Morgan fingerprint density at radius 1 is 0.405 bits per heavy atom. The fourth-order valence-electron chi connectivity index (χ4n) is 5.82. The third kappa shape index (κ3) is 3.16. The van der Waals surface area contributed by atoms with Crippen LogP contribution in [0.25, 0.3) is 66.4 Å². The molecule has 4 nitrogen and oxygen atoms in total. The van der Waals surface area contributed by atoms with Gasteiger partial charge < -0.3 is 19.9 Å². The standard InChI is InChI=1S/C33H24N4/c1-5-13-26-20(9-1)17-30(34-26)32-24(22-11-3-7-15-28(22)36-32)19-25-23-12-4-8-16-29(23)37-33(25)31-18-21-10-2-6-14-27(21)35-31/h1-18,34-37H,19H2. The Hall–Kier alpha value is -4.96. The summed E-state index contributed by atoms with van der Waals surface area (Å²) in [6.45, 7) is 0. The lowest BCUT2D eigenvalue weighted by molar-refractivity contribution is 1.21. The van der Waals surface area contributed by atoms with Gasteiger partial charge in [-0.2, -0.15) is 0 Å². The molecule has 0 saturated heterocycles. The molecular formula is C33H24N4. The quantitative estimate of drug-likeness (QED) is 0.197. The van der Waals surface area contributed by atoms with Gasteiger partial charge in [-0.05, 0) is 47.5 Å². The van der Waals surface area contributed by atoms with Crippen molar-refractivity contribution in [3.05, 3.63) is 120 Å². The summed E-state index contributed by atoms with van der Waals surface area (Å²) in [6, 6.07) is 38.6. The van der Waals surface area contributed by atoms with Crippen molar-refractivity contribution in [3.63, 3.8) is 0 Å². The number of hydrogen-bond acceptors (Lipinski definition) is 0. The van der Waals surface area contributed by atoms with Crippen LogP contribution in [0, 0.1) is 0 Å². The first kappa shape index (κ1) is 20.3. The van der Waals surface area contributed by atoms with E-state index in [2.05, 4.69) is 129 Å². The van der Waals surface area contributed by atoms with Crippen LogP contribution < -0.4 is 0 Å². The maximum Gasteiger partial charge on any atom is 0.0666 e. The SMILES string of the molecule is c1ccc2[nH]c(-c3[nH]c4ccccc4c3Cc3c(-c4cc5ccccc5[nH]4)[nH]c4ccccc34)cc2c1. The molecule has 8 rings (SSSR count). The Morgan fingerprint density at radius 2 is 0.811 bits per heavy atom. The van der Waals surface area contributed by atoms with Gasteiger partial charge in [0.15, 0.2) is 0 Å². The molecular weight excluding hydrogens is 452 g/mol. The fourth-order valence-corrected chi connectivity index (χ4v) is 5.82. The summed E-state index contributed by atoms with van der Waals surface area (Å²) >= 11 is 0. The molecule has 4 N–H and O–H groups in total. The van der Waals surface area contributed by atoms with E-state index in [1.54, 1.807) is 0 Å². The van der Waals surface area contributed by atoms with Crippen LogP contribution in [0.5, 0.6) is 0 Å². The normalized spacial score (nSPS) is 11.9. The van der Waals surface area contributed by atoms with Crippen molar-refractivity contribution >= 4 is 43.6 Å². The second-order valence-electron chi connectivity index (χ2n) is 9.77. The smallest absolute Gasteiger partial charge is 0.0666 e. The first-order valence-corrected chi connectivity index (χ1v) is 12.7. The molecule has 37 heavy (non-hydrogen) atoms. The van der Waals surface area contributed by atoms with Crippen LogP contribution in [0.2, 0.25) is 0 Å². The van der Waals surface area contributed by atoms with E-state index in [-0.39, 0.29) is 0 Å². The topological polar surface area (TPSA) is 63.2 Å². The zero-order valence-electron chi connectivity index (χ0n) is 20.1. The Kier molecular flexibility index (Phi) is 4.25. The lowest BCUT2D eigenvalue weighted by Gasteiger charge is -2.07. The van der Waals surface area contributed by atoms with Crippen LogP contribution in [0.4, 0.5) is 0 Å². The number of fused-ring (bicyclic) bond motifs is 4. The average molecular weight is 477 g/mol. The minimum absolute atomic E-state index is 0.795. The van der Waals surface area contributed by atoms with Crippen LogP contribution in [-0.2, 0) is 6.42 Å². The Morgan fingerprint density at radius 3 is 1.27 bits per heavy atom. The minimum atomic E-state index is 0.795. The molecule has 0 aliphatic carbocycles. The highest BCUT2D eigenvalue weighted by Crippen LogP contribution is 2.38. The summed E-state index contributed by atoms with van der Waals surface area (Å²) < 4.78 is 0.